The molecule has 2 saturated heterocycles. The number of anilines is 1. The average Bonchev–Trinajstić information content (AvgIpc) is 3.32. The minimum Gasteiger partial charge on any atom is -0.376 e. The average molecular weight is 433 g/mol. The van der Waals surface area contributed by atoms with Gasteiger partial charge in [0.25, 0.3) is 0 Å². The fraction of sp³-hybridized carbons (Fsp3) is 0.450. The smallest absolute Gasteiger partial charge is 0.188 e. The zero-order chi connectivity index (χ0) is 20.2. The molecule has 0 radical (unpaired) electrons. The van der Waals surface area contributed by atoms with Gasteiger partial charge in [-0.3, -0.25) is 4.40 Å². The van der Waals surface area contributed by atoms with Crippen LogP contribution < -0.4 is 10.6 Å². The highest BCUT2D eigenvalue weighted by molar-refractivity contribution is 6.43. The number of fused-ring (bicyclic) bond motifs is 1. The van der Waals surface area contributed by atoms with Crippen LogP contribution in [0.3, 0.4) is 0 Å². The second-order valence-electron chi connectivity index (χ2n) is 7.98. The van der Waals surface area contributed by atoms with Crippen molar-refractivity contribution in [1.29, 1.82) is 0 Å². The molecule has 5 rings (SSSR count). The van der Waals surface area contributed by atoms with Gasteiger partial charge in [0, 0.05) is 30.1 Å². The van der Waals surface area contributed by atoms with Crippen LogP contribution in [0, 0.1) is 5.41 Å². The number of hydrogen-bond donors (Lipinski definition) is 1. The summed E-state index contributed by atoms with van der Waals surface area (Å²) in [6, 6.07) is 5.58. The van der Waals surface area contributed by atoms with Crippen molar-refractivity contribution in [2.24, 2.45) is 11.1 Å². The number of nitrogens with two attached hydrogens (primary N) is 1. The summed E-state index contributed by atoms with van der Waals surface area (Å²) >= 11 is 12.6. The second-order valence-corrected chi connectivity index (χ2v) is 8.77. The number of nitrogens with zero attached hydrogens (tertiary/aromatic N) is 5. The van der Waals surface area contributed by atoms with Crippen molar-refractivity contribution in [1.82, 2.24) is 19.6 Å². The molecule has 0 unspecified atom stereocenters. The maximum Gasteiger partial charge on any atom is 0.188 e. The molecule has 1 aromatic carbocycles. The van der Waals surface area contributed by atoms with E-state index in [-0.39, 0.29) is 17.6 Å². The molecule has 7 nitrogen and oxygen atoms in total. The maximum atomic E-state index is 6.45. The van der Waals surface area contributed by atoms with Crippen molar-refractivity contribution in [2.45, 2.75) is 31.9 Å². The van der Waals surface area contributed by atoms with E-state index >= 15 is 0 Å². The van der Waals surface area contributed by atoms with Crippen LogP contribution >= 0.6 is 23.2 Å². The van der Waals surface area contributed by atoms with Gasteiger partial charge in [-0.1, -0.05) is 35.3 Å². The van der Waals surface area contributed by atoms with E-state index < -0.39 is 0 Å². The number of piperidine rings is 1. The third-order valence-electron chi connectivity index (χ3n) is 6.45. The lowest BCUT2D eigenvalue weighted by molar-refractivity contribution is 0.0974. The number of halogens is 2. The molecule has 9 heteroatoms. The fourth-order valence-electron chi connectivity index (χ4n) is 4.57. The van der Waals surface area contributed by atoms with Crippen LogP contribution in [-0.2, 0) is 4.74 Å². The van der Waals surface area contributed by atoms with Crippen molar-refractivity contribution >= 4 is 34.7 Å². The lowest BCUT2D eigenvalue weighted by Gasteiger charge is -2.42. The Bertz CT molecular complexity index is 1060. The maximum absolute atomic E-state index is 6.45. The van der Waals surface area contributed by atoms with Gasteiger partial charge in [-0.15, -0.1) is 10.2 Å². The first-order valence-corrected chi connectivity index (χ1v) is 10.5. The zero-order valence-electron chi connectivity index (χ0n) is 16.1. The molecule has 2 aliphatic heterocycles. The third kappa shape index (κ3) is 2.99. The van der Waals surface area contributed by atoms with Crippen molar-refractivity contribution in [3.8, 4) is 11.3 Å². The molecule has 2 aromatic heterocycles. The van der Waals surface area contributed by atoms with Crippen LogP contribution in [0.4, 0.5) is 5.82 Å². The number of benzene rings is 1. The Hall–Kier alpha value is -1.93. The Kier molecular flexibility index (Phi) is 4.66. The summed E-state index contributed by atoms with van der Waals surface area (Å²) in [5.41, 5.74) is 8.58. The minimum atomic E-state index is 0.0733. The van der Waals surface area contributed by atoms with Gasteiger partial charge in [0.05, 0.1) is 29.0 Å². The van der Waals surface area contributed by atoms with Gasteiger partial charge in [-0.05, 0) is 25.8 Å². The molecule has 2 atom stereocenters. The van der Waals surface area contributed by atoms with Crippen LogP contribution in [-0.4, -0.2) is 51.4 Å². The van der Waals surface area contributed by atoms with Crippen molar-refractivity contribution in [3.05, 3.63) is 40.8 Å². The number of rotatable bonds is 2. The Morgan fingerprint density at radius 3 is 2.76 bits per heavy atom. The van der Waals surface area contributed by atoms with E-state index in [9.17, 15) is 0 Å². The molecule has 4 heterocycles. The minimum absolute atomic E-state index is 0.0733. The van der Waals surface area contributed by atoms with E-state index in [4.69, 9.17) is 33.7 Å². The first-order chi connectivity index (χ1) is 14.0. The molecule has 0 bridgehead atoms. The summed E-state index contributed by atoms with van der Waals surface area (Å²) < 4.78 is 7.80. The highest BCUT2D eigenvalue weighted by Crippen LogP contribution is 2.42. The van der Waals surface area contributed by atoms with Crippen LogP contribution in [0.1, 0.15) is 19.8 Å². The van der Waals surface area contributed by atoms with Crippen LogP contribution in [0.5, 0.6) is 0 Å². The van der Waals surface area contributed by atoms with Gasteiger partial charge in [-0.2, -0.15) is 0 Å². The van der Waals surface area contributed by atoms with Gasteiger partial charge in [0.1, 0.15) is 17.8 Å². The van der Waals surface area contributed by atoms with E-state index in [0.717, 1.165) is 43.9 Å². The fourth-order valence-corrected chi connectivity index (χ4v) is 4.96. The monoisotopic (exact) mass is 432 g/mol. The molecule has 2 aliphatic rings. The number of hydrogen-bond acceptors (Lipinski definition) is 6. The lowest BCUT2D eigenvalue weighted by Crippen LogP contribution is -2.50. The normalized spacial score (nSPS) is 23.9. The van der Waals surface area contributed by atoms with Crippen molar-refractivity contribution in [2.75, 3.05) is 24.6 Å². The predicted molar refractivity (Wildman–Crippen MR) is 114 cm³/mol. The van der Waals surface area contributed by atoms with Crippen LogP contribution in [0.2, 0.25) is 10.0 Å². The van der Waals surface area contributed by atoms with Gasteiger partial charge in [0.15, 0.2) is 5.65 Å². The van der Waals surface area contributed by atoms with Crippen molar-refractivity contribution in [3.63, 3.8) is 0 Å². The molecule has 29 heavy (non-hydrogen) atoms. The Balaban J connectivity index is 1.47. The van der Waals surface area contributed by atoms with E-state index in [2.05, 4.69) is 27.0 Å². The third-order valence-corrected chi connectivity index (χ3v) is 7.27. The van der Waals surface area contributed by atoms with E-state index in [0.29, 0.717) is 21.4 Å². The summed E-state index contributed by atoms with van der Waals surface area (Å²) in [5.74, 6) is 0.960. The van der Waals surface area contributed by atoms with Gasteiger partial charge in [0.2, 0.25) is 0 Å². The summed E-state index contributed by atoms with van der Waals surface area (Å²) in [5, 5.41) is 9.36. The molecular weight excluding hydrogens is 411 g/mol. The Morgan fingerprint density at radius 1 is 1.24 bits per heavy atom. The van der Waals surface area contributed by atoms with Crippen molar-refractivity contribution < 1.29 is 4.74 Å². The van der Waals surface area contributed by atoms with Gasteiger partial charge < -0.3 is 15.4 Å². The molecule has 0 saturated carbocycles. The quantitative estimate of drug-likeness (QED) is 0.667. The molecular formula is C20H22Cl2N6O. The zero-order valence-corrected chi connectivity index (χ0v) is 17.6. The summed E-state index contributed by atoms with van der Waals surface area (Å²) in [7, 11) is 0. The van der Waals surface area contributed by atoms with E-state index in [1.54, 1.807) is 12.4 Å². The first-order valence-electron chi connectivity index (χ1n) is 9.75. The van der Waals surface area contributed by atoms with E-state index in [1.165, 1.54) is 0 Å². The molecule has 1 spiro atoms. The highest BCUT2D eigenvalue weighted by Gasteiger charge is 2.47. The first kappa shape index (κ1) is 19.1. The Labute approximate surface area is 178 Å². The highest BCUT2D eigenvalue weighted by atomic mass is 35.5. The Morgan fingerprint density at radius 2 is 2.03 bits per heavy atom. The SMILES string of the molecule is C[C@@H]1OCC2(CCN(c3cnc(-c4cccc(Cl)c4Cl)c4nncn34)CC2)[C@@H]1N. The van der Waals surface area contributed by atoms with Gasteiger partial charge >= 0.3 is 0 Å². The largest absolute Gasteiger partial charge is 0.376 e. The molecule has 0 amide bonds. The van der Waals surface area contributed by atoms with Crippen LogP contribution in [0.25, 0.3) is 16.9 Å². The molecule has 0 aliphatic carbocycles. The summed E-state index contributed by atoms with van der Waals surface area (Å²) in [4.78, 5) is 7.00. The molecule has 2 fully saturated rings. The summed E-state index contributed by atoms with van der Waals surface area (Å²) in [6.45, 7) is 4.58. The van der Waals surface area contributed by atoms with E-state index in [1.807, 2.05) is 22.7 Å². The molecule has 2 N–H and O–H groups in total. The van der Waals surface area contributed by atoms with Gasteiger partial charge in [-0.25, -0.2) is 4.98 Å². The number of ether oxygens (including phenoxy) is 1. The standard InChI is InChI=1S/C20H22Cl2N6O/c1-12-18(23)20(10-29-12)5-7-27(8-6-20)15-9-24-17(19-26-25-11-28(15)19)13-3-2-4-14(21)16(13)22/h2-4,9,11-12,18H,5-8,10,23H2,1H3/t12-,18+/m0/s1. The van der Waals surface area contributed by atoms with Crippen LogP contribution in [0.15, 0.2) is 30.7 Å². The summed E-state index contributed by atoms with van der Waals surface area (Å²) in [6.07, 6.45) is 5.67. The molecule has 152 valence electrons. The predicted octanol–water partition coefficient (Wildman–Crippen LogP) is 3.43. The molecule has 3 aromatic rings. The topological polar surface area (TPSA) is 81.6 Å². The lowest BCUT2D eigenvalue weighted by atomic mass is 9.73. The second kappa shape index (κ2) is 7.09. The number of aromatic nitrogens is 4.